The average Bonchev–Trinajstić information content (AvgIpc) is 2.57. The van der Waals surface area contributed by atoms with Gasteiger partial charge in [0.15, 0.2) is 0 Å². The van der Waals surface area contributed by atoms with Crippen LogP contribution in [0, 0.1) is 11.8 Å². The second-order valence-electron chi connectivity index (χ2n) is 5.30. The minimum absolute atomic E-state index is 0.270. The summed E-state index contributed by atoms with van der Waals surface area (Å²) in [5.74, 6) is 1.01. The molecule has 1 aliphatic heterocycles. The van der Waals surface area contributed by atoms with E-state index >= 15 is 0 Å². The zero-order valence-electron chi connectivity index (χ0n) is 11.5. The lowest BCUT2D eigenvalue weighted by Gasteiger charge is -2.29. The van der Waals surface area contributed by atoms with Crippen molar-refractivity contribution in [2.24, 2.45) is 11.8 Å². The number of ether oxygens (including phenoxy) is 1. The molecule has 0 bridgehead atoms. The van der Waals surface area contributed by atoms with Crippen molar-refractivity contribution in [2.75, 3.05) is 7.05 Å². The first kappa shape index (κ1) is 13.9. The first-order valence-electron chi connectivity index (χ1n) is 6.62. The summed E-state index contributed by atoms with van der Waals surface area (Å²) < 4.78 is 5.95. The molecule has 5 unspecified atom stereocenters. The van der Waals surface area contributed by atoms with Crippen molar-refractivity contribution in [3.63, 3.8) is 0 Å². The number of hydrogen-bond donors (Lipinski definition) is 1. The fourth-order valence-electron chi connectivity index (χ4n) is 3.15. The van der Waals surface area contributed by atoms with Crippen LogP contribution in [0.15, 0.2) is 24.3 Å². The van der Waals surface area contributed by atoms with E-state index in [0.29, 0.717) is 24.0 Å². The maximum atomic E-state index is 6.09. The van der Waals surface area contributed by atoms with Gasteiger partial charge in [0.25, 0.3) is 0 Å². The van der Waals surface area contributed by atoms with Crippen LogP contribution < -0.4 is 5.32 Å². The van der Waals surface area contributed by atoms with Gasteiger partial charge in [0, 0.05) is 17.0 Å². The molecule has 2 rings (SSSR count). The molecular weight excluding hydrogens is 246 g/mol. The van der Waals surface area contributed by atoms with Crippen LogP contribution in [0.3, 0.4) is 0 Å². The van der Waals surface area contributed by atoms with Crippen molar-refractivity contribution in [1.29, 1.82) is 0 Å². The lowest BCUT2D eigenvalue weighted by atomic mass is 9.80. The van der Waals surface area contributed by atoms with Gasteiger partial charge in [0.2, 0.25) is 0 Å². The highest BCUT2D eigenvalue weighted by atomic mass is 35.5. The fraction of sp³-hybridized carbons (Fsp3) is 0.600. The Labute approximate surface area is 115 Å². The van der Waals surface area contributed by atoms with E-state index in [1.165, 1.54) is 5.56 Å². The molecule has 1 aromatic rings. The number of benzene rings is 1. The van der Waals surface area contributed by atoms with Crippen molar-refractivity contribution < 1.29 is 4.74 Å². The summed E-state index contributed by atoms with van der Waals surface area (Å²) >= 11 is 6.09. The van der Waals surface area contributed by atoms with Gasteiger partial charge in [0.1, 0.15) is 0 Å². The highest BCUT2D eigenvalue weighted by Crippen LogP contribution is 2.40. The van der Waals surface area contributed by atoms with Crippen LogP contribution in [-0.2, 0) is 4.74 Å². The number of halogens is 1. The Morgan fingerprint density at radius 1 is 1.22 bits per heavy atom. The maximum Gasteiger partial charge on any atom is 0.0600 e. The Kier molecular flexibility index (Phi) is 4.31. The van der Waals surface area contributed by atoms with E-state index < -0.39 is 0 Å². The zero-order valence-corrected chi connectivity index (χ0v) is 12.2. The Balaban J connectivity index is 2.28. The molecule has 1 aromatic carbocycles. The van der Waals surface area contributed by atoms with E-state index in [2.05, 4.69) is 32.2 Å². The summed E-state index contributed by atoms with van der Waals surface area (Å²) in [5, 5.41) is 4.22. The van der Waals surface area contributed by atoms with Crippen LogP contribution in [0.2, 0.25) is 5.02 Å². The van der Waals surface area contributed by atoms with E-state index in [0.717, 1.165) is 5.02 Å². The molecule has 2 nitrogen and oxygen atoms in total. The smallest absolute Gasteiger partial charge is 0.0600 e. The molecule has 0 amide bonds. The van der Waals surface area contributed by atoms with Crippen LogP contribution in [0.4, 0.5) is 0 Å². The summed E-state index contributed by atoms with van der Waals surface area (Å²) in [4.78, 5) is 0. The van der Waals surface area contributed by atoms with Crippen molar-refractivity contribution in [1.82, 2.24) is 5.32 Å². The molecule has 1 fully saturated rings. The number of hydrogen-bond acceptors (Lipinski definition) is 2. The standard InChI is InChI=1S/C15H22ClNO/c1-9-10(2)18-11(3)14(9)15(17-4)12-6-5-7-13(16)8-12/h5-11,14-15,17H,1-4H3. The quantitative estimate of drug-likeness (QED) is 0.902. The van der Waals surface area contributed by atoms with Crippen LogP contribution >= 0.6 is 11.6 Å². The number of nitrogens with one attached hydrogen (secondary N) is 1. The maximum absolute atomic E-state index is 6.09. The van der Waals surface area contributed by atoms with Gasteiger partial charge in [-0.05, 0) is 44.5 Å². The summed E-state index contributed by atoms with van der Waals surface area (Å²) in [6.07, 6.45) is 0.589. The van der Waals surface area contributed by atoms with Crippen molar-refractivity contribution in [3.8, 4) is 0 Å². The summed E-state index contributed by atoms with van der Waals surface area (Å²) in [7, 11) is 2.01. The normalized spacial score (nSPS) is 33.6. The van der Waals surface area contributed by atoms with Crippen molar-refractivity contribution >= 4 is 11.6 Å². The molecule has 100 valence electrons. The minimum Gasteiger partial charge on any atom is -0.375 e. The van der Waals surface area contributed by atoms with E-state index in [4.69, 9.17) is 16.3 Å². The molecular formula is C15H22ClNO. The molecule has 5 atom stereocenters. The molecule has 0 spiro atoms. The summed E-state index contributed by atoms with van der Waals surface area (Å²) in [6, 6.07) is 8.40. The van der Waals surface area contributed by atoms with Crippen molar-refractivity contribution in [3.05, 3.63) is 34.9 Å². The summed E-state index contributed by atoms with van der Waals surface area (Å²) in [5.41, 5.74) is 1.24. The third kappa shape index (κ3) is 2.56. The predicted molar refractivity (Wildman–Crippen MR) is 75.9 cm³/mol. The Morgan fingerprint density at radius 3 is 2.44 bits per heavy atom. The number of rotatable bonds is 3. The molecule has 0 saturated carbocycles. The zero-order chi connectivity index (χ0) is 13.3. The van der Waals surface area contributed by atoms with Crippen LogP contribution in [-0.4, -0.2) is 19.3 Å². The minimum atomic E-state index is 0.270. The Morgan fingerprint density at radius 2 is 1.94 bits per heavy atom. The van der Waals surface area contributed by atoms with E-state index in [1.807, 2.05) is 25.2 Å². The van der Waals surface area contributed by atoms with Crippen LogP contribution in [0.5, 0.6) is 0 Å². The van der Waals surface area contributed by atoms with Gasteiger partial charge in [-0.2, -0.15) is 0 Å². The molecule has 0 aromatic heterocycles. The van der Waals surface area contributed by atoms with Crippen LogP contribution in [0.1, 0.15) is 32.4 Å². The third-order valence-corrected chi connectivity index (χ3v) is 4.46. The van der Waals surface area contributed by atoms with Gasteiger partial charge in [0.05, 0.1) is 12.2 Å². The highest BCUT2D eigenvalue weighted by Gasteiger charge is 2.41. The van der Waals surface area contributed by atoms with Crippen molar-refractivity contribution in [2.45, 2.75) is 39.0 Å². The molecule has 1 saturated heterocycles. The van der Waals surface area contributed by atoms with Gasteiger partial charge in [-0.1, -0.05) is 30.7 Å². The molecule has 1 aliphatic rings. The van der Waals surface area contributed by atoms with Crippen LogP contribution in [0.25, 0.3) is 0 Å². The van der Waals surface area contributed by atoms with Gasteiger partial charge in [-0.25, -0.2) is 0 Å². The second kappa shape index (κ2) is 5.60. The monoisotopic (exact) mass is 267 g/mol. The average molecular weight is 268 g/mol. The highest BCUT2D eigenvalue weighted by molar-refractivity contribution is 6.30. The predicted octanol–water partition coefficient (Wildman–Crippen LogP) is 3.66. The molecule has 1 N–H and O–H groups in total. The third-order valence-electron chi connectivity index (χ3n) is 4.22. The Bertz CT molecular complexity index is 409. The second-order valence-corrected chi connectivity index (χ2v) is 5.74. The molecule has 3 heteroatoms. The first-order chi connectivity index (χ1) is 8.54. The van der Waals surface area contributed by atoms with Gasteiger partial charge >= 0.3 is 0 Å². The van der Waals surface area contributed by atoms with E-state index in [1.54, 1.807) is 0 Å². The van der Waals surface area contributed by atoms with Gasteiger partial charge in [-0.15, -0.1) is 0 Å². The first-order valence-corrected chi connectivity index (χ1v) is 7.00. The van der Waals surface area contributed by atoms with Gasteiger partial charge in [-0.3, -0.25) is 0 Å². The molecule has 18 heavy (non-hydrogen) atoms. The fourth-order valence-corrected chi connectivity index (χ4v) is 3.35. The topological polar surface area (TPSA) is 21.3 Å². The SMILES string of the molecule is CNC(c1cccc(Cl)c1)C1C(C)OC(C)C1C. The van der Waals surface area contributed by atoms with E-state index in [9.17, 15) is 0 Å². The molecule has 0 aliphatic carbocycles. The Hall–Kier alpha value is -0.570. The van der Waals surface area contributed by atoms with Gasteiger partial charge < -0.3 is 10.1 Å². The summed E-state index contributed by atoms with van der Waals surface area (Å²) in [6.45, 7) is 6.60. The molecule has 1 heterocycles. The van der Waals surface area contributed by atoms with E-state index in [-0.39, 0.29) is 6.10 Å². The lowest BCUT2D eigenvalue weighted by molar-refractivity contribution is 0.0478. The largest absolute Gasteiger partial charge is 0.375 e. The lowest BCUT2D eigenvalue weighted by Crippen LogP contribution is -2.33. The molecule has 0 radical (unpaired) electrons.